The van der Waals surface area contributed by atoms with E-state index in [2.05, 4.69) is 15.5 Å². The molecule has 1 rings (SSSR count). The van der Waals surface area contributed by atoms with Crippen molar-refractivity contribution in [2.75, 3.05) is 11.9 Å². The van der Waals surface area contributed by atoms with Crippen LogP contribution >= 0.6 is 0 Å². The quantitative estimate of drug-likeness (QED) is 0.666. The van der Waals surface area contributed by atoms with Crippen molar-refractivity contribution >= 4 is 6.01 Å². The molecule has 1 heterocycles. The molecule has 0 unspecified atom stereocenters. The van der Waals surface area contributed by atoms with Crippen LogP contribution in [0.25, 0.3) is 0 Å². The lowest BCUT2D eigenvalue weighted by Crippen LogP contribution is -1.97. The molecule has 4 nitrogen and oxygen atoms in total. The molecule has 0 fully saturated rings. The van der Waals surface area contributed by atoms with Gasteiger partial charge in [0.05, 0.1) is 0 Å². The third-order valence-corrected chi connectivity index (χ3v) is 1.13. The largest absolute Gasteiger partial charge is 0.334 e. The van der Waals surface area contributed by atoms with Gasteiger partial charge in [0.1, 0.15) is 0 Å². The second-order valence-corrected chi connectivity index (χ2v) is 2.10. The molecule has 1 aromatic rings. The van der Waals surface area contributed by atoms with Crippen molar-refractivity contribution < 1.29 is 4.52 Å². The van der Waals surface area contributed by atoms with E-state index in [9.17, 15) is 0 Å². The maximum atomic E-state index is 4.80. The van der Waals surface area contributed by atoms with Gasteiger partial charge in [-0.1, -0.05) is 17.3 Å². The second-order valence-electron chi connectivity index (χ2n) is 2.10. The standard InChI is InChI=1S/C7H11N3O/c1-3-4-5-8-7-9-6(2)10-11-7/h3-4H,5H2,1-2H3,(H,8,9,10)/b4-3+. The zero-order chi connectivity index (χ0) is 8.10. The van der Waals surface area contributed by atoms with E-state index < -0.39 is 0 Å². The summed E-state index contributed by atoms with van der Waals surface area (Å²) in [6.07, 6.45) is 3.93. The highest BCUT2D eigenvalue weighted by Gasteiger charge is 1.97. The molecule has 0 atom stereocenters. The molecule has 0 radical (unpaired) electrons. The van der Waals surface area contributed by atoms with Crippen molar-refractivity contribution in [3.05, 3.63) is 18.0 Å². The molecule has 0 aliphatic heterocycles. The minimum atomic E-state index is 0.473. The average Bonchev–Trinajstić information content (AvgIpc) is 2.37. The SMILES string of the molecule is C/C=C/CNc1nc(C)no1. The Morgan fingerprint density at radius 1 is 1.64 bits per heavy atom. The first-order chi connectivity index (χ1) is 5.33. The summed E-state index contributed by atoms with van der Waals surface area (Å²) in [5.41, 5.74) is 0. The van der Waals surface area contributed by atoms with Crippen LogP contribution in [0.1, 0.15) is 12.7 Å². The number of hydrogen-bond acceptors (Lipinski definition) is 4. The molecule has 1 aromatic heterocycles. The molecule has 60 valence electrons. The molecule has 0 spiro atoms. The predicted molar refractivity (Wildman–Crippen MR) is 42.3 cm³/mol. The van der Waals surface area contributed by atoms with Gasteiger partial charge >= 0.3 is 6.01 Å². The van der Waals surface area contributed by atoms with E-state index in [-0.39, 0.29) is 0 Å². The van der Waals surface area contributed by atoms with Crippen LogP contribution in [0.5, 0.6) is 0 Å². The van der Waals surface area contributed by atoms with Gasteiger partial charge in [0.15, 0.2) is 5.82 Å². The van der Waals surface area contributed by atoms with E-state index in [0.29, 0.717) is 11.8 Å². The number of rotatable bonds is 3. The van der Waals surface area contributed by atoms with E-state index in [1.165, 1.54) is 0 Å². The van der Waals surface area contributed by atoms with Crippen LogP contribution in [0.4, 0.5) is 6.01 Å². The topological polar surface area (TPSA) is 51.0 Å². The van der Waals surface area contributed by atoms with Crippen LogP contribution in [0.3, 0.4) is 0 Å². The fraction of sp³-hybridized carbons (Fsp3) is 0.429. The van der Waals surface area contributed by atoms with Gasteiger partial charge in [-0.25, -0.2) is 0 Å². The Labute approximate surface area is 65.3 Å². The zero-order valence-corrected chi connectivity index (χ0v) is 6.66. The van der Waals surface area contributed by atoms with Crippen molar-refractivity contribution in [2.45, 2.75) is 13.8 Å². The van der Waals surface area contributed by atoms with Crippen molar-refractivity contribution in [1.82, 2.24) is 10.1 Å². The molecule has 11 heavy (non-hydrogen) atoms. The van der Waals surface area contributed by atoms with Gasteiger partial charge in [-0.3, -0.25) is 0 Å². The molecule has 0 aliphatic rings. The van der Waals surface area contributed by atoms with Gasteiger partial charge < -0.3 is 9.84 Å². The fourth-order valence-corrected chi connectivity index (χ4v) is 0.633. The van der Waals surface area contributed by atoms with Gasteiger partial charge in [0.25, 0.3) is 0 Å². The summed E-state index contributed by atoms with van der Waals surface area (Å²) in [5.74, 6) is 0.646. The van der Waals surface area contributed by atoms with Gasteiger partial charge in [0, 0.05) is 6.54 Å². The molecular weight excluding hydrogens is 142 g/mol. The van der Waals surface area contributed by atoms with Gasteiger partial charge in [-0.2, -0.15) is 4.98 Å². The minimum Gasteiger partial charge on any atom is -0.334 e. The number of nitrogens with one attached hydrogen (secondary N) is 1. The molecule has 1 N–H and O–H groups in total. The summed E-state index contributed by atoms with van der Waals surface area (Å²) in [5, 5.41) is 6.56. The Morgan fingerprint density at radius 3 is 3.00 bits per heavy atom. The van der Waals surface area contributed by atoms with E-state index in [0.717, 1.165) is 6.54 Å². The number of hydrogen-bond donors (Lipinski definition) is 1. The van der Waals surface area contributed by atoms with Gasteiger partial charge in [-0.15, -0.1) is 0 Å². The average molecular weight is 153 g/mol. The first-order valence-corrected chi connectivity index (χ1v) is 3.48. The van der Waals surface area contributed by atoms with Crippen molar-refractivity contribution in [1.29, 1.82) is 0 Å². The summed E-state index contributed by atoms with van der Waals surface area (Å²) >= 11 is 0. The summed E-state index contributed by atoms with van der Waals surface area (Å²) in [4.78, 5) is 3.96. The summed E-state index contributed by atoms with van der Waals surface area (Å²) in [7, 11) is 0. The molecule has 0 saturated heterocycles. The van der Waals surface area contributed by atoms with Gasteiger partial charge in [-0.05, 0) is 13.8 Å². The Kier molecular flexibility index (Phi) is 2.66. The lowest BCUT2D eigenvalue weighted by Gasteiger charge is -1.91. The monoisotopic (exact) mass is 153 g/mol. The number of nitrogens with zero attached hydrogens (tertiary/aromatic N) is 2. The molecule has 0 saturated carbocycles. The number of allylic oxidation sites excluding steroid dienone is 1. The normalized spacial score (nSPS) is 10.7. The summed E-state index contributed by atoms with van der Waals surface area (Å²) in [6.45, 7) is 4.46. The highest BCUT2D eigenvalue weighted by atomic mass is 16.5. The summed E-state index contributed by atoms with van der Waals surface area (Å²) < 4.78 is 4.80. The minimum absolute atomic E-state index is 0.473. The summed E-state index contributed by atoms with van der Waals surface area (Å²) in [6, 6.07) is 0.473. The Bertz CT molecular complexity index is 242. The number of aryl methyl sites for hydroxylation is 1. The van der Waals surface area contributed by atoms with E-state index in [1.807, 2.05) is 19.1 Å². The molecule has 0 aromatic carbocycles. The van der Waals surface area contributed by atoms with E-state index in [4.69, 9.17) is 4.52 Å². The Hall–Kier alpha value is -1.32. The third-order valence-electron chi connectivity index (χ3n) is 1.13. The highest BCUT2D eigenvalue weighted by Crippen LogP contribution is 2.00. The molecular formula is C7H11N3O. The second kappa shape index (κ2) is 3.75. The lowest BCUT2D eigenvalue weighted by atomic mass is 10.5. The fourth-order valence-electron chi connectivity index (χ4n) is 0.633. The van der Waals surface area contributed by atoms with Crippen molar-refractivity contribution in [3.63, 3.8) is 0 Å². The van der Waals surface area contributed by atoms with Crippen LogP contribution in [0.2, 0.25) is 0 Å². The lowest BCUT2D eigenvalue weighted by molar-refractivity contribution is 0.426. The maximum absolute atomic E-state index is 4.80. The van der Waals surface area contributed by atoms with Crippen LogP contribution in [-0.4, -0.2) is 16.7 Å². The number of aromatic nitrogens is 2. The first kappa shape index (κ1) is 7.78. The molecule has 4 heteroatoms. The van der Waals surface area contributed by atoms with Gasteiger partial charge in [0.2, 0.25) is 0 Å². The predicted octanol–water partition coefficient (Wildman–Crippen LogP) is 1.37. The molecule has 0 amide bonds. The third kappa shape index (κ3) is 2.41. The van der Waals surface area contributed by atoms with Crippen LogP contribution < -0.4 is 5.32 Å². The van der Waals surface area contributed by atoms with E-state index in [1.54, 1.807) is 6.92 Å². The van der Waals surface area contributed by atoms with Crippen LogP contribution in [0.15, 0.2) is 16.7 Å². The van der Waals surface area contributed by atoms with Crippen LogP contribution in [0, 0.1) is 6.92 Å². The van der Waals surface area contributed by atoms with Crippen molar-refractivity contribution in [2.24, 2.45) is 0 Å². The number of anilines is 1. The molecule has 0 aliphatic carbocycles. The highest BCUT2D eigenvalue weighted by molar-refractivity contribution is 5.19. The van der Waals surface area contributed by atoms with Crippen molar-refractivity contribution in [3.8, 4) is 0 Å². The van der Waals surface area contributed by atoms with E-state index >= 15 is 0 Å². The maximum Gasteiger partial charge on any atom is 0.321 e. The Balaban J connectivity index is 2.38. The van der Waals surface area contributed by atoms with Crippen LogP contribution in [-0.2, 0) is 0 Å². The molecule has 0 bridgehead atoms. The zero-order valence-electron chi connectivity index (χ0n) is 6.66. The smallest absolute Gasteiger partial charge is 0.321 e. The first-order valence-electron chi connectivity index (χ1n) is 3.48. The Morgan fingerprint density at radius 2 is 2.45 bits per heavy atom.